The van der Waals surface area contributed by atoms with Crippen LogP contribution < -0.4 is 15.2 Å². The number of benzene rings is 1. The fraction of sp³-hybridized carbons (Fsp3) is 0.647. The molecule has 0 aromatic heterocycles. The molecule has 2 N–H and O–H groups in total. The van der Waals surface area contributed by atoms with Crippen LogP contribution >= 0.6 is 15.9 Å². The maximum Gasteiger partial charge on any atom is 0.162 e. The van der Waals surface area contributed by atoms with Gasteiger partial charge in [0, 0.05) is 15.4 Å². The molecular formula is C17H24BrNO2. The average molecular weight is 354 g/mol. The Labute approximate surface area is 135 Å². The number of hydrogen-bond acceptors (Lipinski definition) is 3. The summed E-state index contributed by atoms with van der Waals surface area (Å²) in [5.74, 6) is 1.64. The molecule has 0 amide bonds. The number of ether oxygens (including phenoxy) is 2. The van der Waals surface area contributed by atoms with Crippen molar-refractivity contribution in [1.82, 2.24) is 0 Å². The molecule has 0 bridgehead atoms. The lowest BCUT2D eigenvalue weighted by Gasteiger charge is -2.35. The predicted octanol–water partition coefficient (Wildman–Crippen LogP) is 4.36. The molecule has 1 aliphatic carbocycles. The molecule has 3 rings (SSSR count). The highest BCUT2D eigenvalue weighted by Gasteiger charge is 2.33. The molecule has 1 aromatic rings. The van der Waals surface area contributed by atoms with E-state index in [-0.39, 0.29) is 11.0 Å². The fourth-order valence-corrected chi connectivity index (χ4v) is 3.90. The van der Waals surface area contributed by atoms with Gasteiger partial charge in [0.25, 0.3) is 0 Å². The van der Waals surface area contributed by atoms with Crippen LogP contribution in [0, 0.1) is 5.41 Å². The zero-order valence-corrected chi connectivity index (χ0v) is 14.5. The van der Waals surface area contributed by atoms with Gasteiger partial charge in [0.05, 0.1) is 13.2 Å². The second kappa shape index (κ2) is 5.47. The molecule has 1 aliphatic heterocycles. The first-order valence-electron chi connectivity index (χ1n) is 7.78. The zero-order chi connectivity index (χ0) is 15.1. The Balaban J connectivity index is 1.96. The van der Waals surface area contributed by atoms with Crippen molar-refractivity contribution in [2.45, 2.75) is 51.5 Å². The van der Waals surface area contributed by atoms with E-state index in [1.165, 1.54) is 19.3 Å². The summed E-state index contributed by atoms with van der Waals surface area (Å²) in [6, 6.07) is 4.11. The van der Waals surface area contributed by atoms with Crippen LogP contribution in [-0.4, -0.2) is 13.2 Å². The van der Waals surface area contributed by atoms with Gasteiger partial charge in [-0.25, -0.2) is 0 Å². The van der Waals surface area contributed by atoms with Crippen LogP contribution in [0.3, 0.4) is 0 Å². The van der Waals surface area contributed by atoms with Crippen LogP contribution in [-0.2, 0) is 5.54 Å². The SMILES string of the molecule is CC1(C)COc2cc(Br)c(C3(N)CCCCC3)cc2OC1. The Bertz CT molecular complexity index is 536. The summed E-state index contributed by atoms with van der Waals surface area (Å²) < 4.78 is 13.0. The van der Waals surface area contributed by atoms with Crippen molar-refractivity contribution in [1.29, 1.82) is 0 Å². The number of fused-ring (bicyclic) bond motifs is 1. The maximum atomic E-state index is 6.68. The maximum absolute atomic E-state index is 6.68. The second-order valence-corrected chi connectivity index (χ2v) is 8.09. The molecule has 1 saturated carbocycles. The van der Waals surface area contributed by atoms with Crippen LogP contribution in [0.4, 0.5) is 0 Å². The van der Waals surface area contributed by atoms with E-state index in [1.54, 1.807) is 0 Å². The van der Waals surface area contributed by atoms with E-state index < -0.39 is 0 Å². The molecule has 2 aliphatic rings. The fourth-order valence-electron chi connectivity index (χ4n) is 3.18. The highest BCUT2D eigenvalue weighted by molar-refractivity contribution is 9.10. The standard InChI is InChI=1S/C17H24BrNO2/c1-16(2)10-20-14-8-12(13(18)9-15(14)21-11-16)17(19)6-4-3-5-7-17/h8-9H,3-7,10-11,19H2,1-2H3. The quantitative estimate of drug-likeness (QED) is 0.815. The molecule has 0 atom stereocenters. The summed E-state index contributed by atoms with van der Waals surface area (Å²) in [6.45, 7) is 5.64. The van der Waals surface area contributed by atoms with Gasteiger partial charge in [-0.05, 0) is 30.5 Å². The van der Waals surface area contributed by atoms with Crippen molar-refractivity contribution in [3.05, 3.63) is 22.2 Å². The van der Waals surface area contributed by atoms with E-state index in [1.807, 2.05) is 6.07 Å². The summed E-state index contributed by atoms with van der Waals surface area (Å²) in [5, 5.41) is 0. The summed E-state index contributed by atoms with van der Waals surface area (Å²) in [6.07, 6.45) is 5.76. The van der Waals surface area contributed by atoms with Gasteiger partial charge in [-0.2, -0.15) is 0 Å². The van der Waals surface area contributed by atoms with E-state index >= 15 is 0 Å². The highest BCUT2D eigenvalue weighted by Crippen LogP contribution is 2.44. The van der Waals surface area contributed by atoms with Gasteiger partial charge in [-0.15, -0.1) is 0 Å². The zero-order valence-electron chi connectivity index (χ0n) is 12.9. The van der Waals surface area contributed by atoms with Gasteiger partial charge in [0.1, 0.15) is 0 Å². The van der Waals surface area contributed by atoms with Gasteiger partial charge < -0.3 is 15.2 Å². The molecule has 1 aromatic carbocycles. The summed E-state index contributed by atoms with van der Waals surface area (Å²) >= 11 is 3.68. The van der Waals surface area contributed by atoms with Crippen LogP contribution in [0.5, 0.6) is 11.5 Å². The van der Waals surface area contributed by atoms with Crippen molar-refractivity contribution in [2.75, 3.05) is 13.2 Å². The monoisotopic (exact) mass is 353 g/mol. The minimum atomic E-state index is -0.239. The van der Waals surface area contributed by atoms with E-state index in [2.05, 4.69) is 35.8 Å². The first kappa shape index (κ1) is 15.2. The molecule has 0 radical (unpaired) electrons. The van der Waals surface area contributed by atoms with E-state index in [0.717, 1.165) is 34.4 Å². The van der Waals surface area contributed by atoms with E-state index in [0.29, 0.717) is 13.2 Å². The number of halogens is 1. The van der Waals surface area contributed by atoms with Crippen LogP contribution in [0.2, 0.25) is 0 Å². The van der Waals surface area contributed by atoms with Gasteiger partial charge in [-0.3, -0.25) is 0 Å². The van der Waals surface area contributed by atoms with Crippen molar-refractivity contribution < 1.29 is 9.47 Å². The van der Waals surface area contributed by atoms with Gasteiger partial charge in [0.15, 0.2) is 11.5 Å². The van der Waals surface area contributed by atoms with Crippen molar-refractivity contribution >= 4 is 15.9 Å². The first-order chi connectivity index (χ1) is 9.90. The molecule has 116 valence electrons. The molecule has 1 heterocycles. The highest BCUT2D eigenvalue weighted by atomic mass is 79.9. The van der Waals surface area contributed by atoms with Gasteiger partial charge >= 0.3 is 0 Å². The predicted molar refractivity (Wildman–Crippen MR) is 87.9 cm³/mol. The molecule has 0 spiro atoms. The lowest BCUT2D eigenvalue weighted by molar-refractivity contribution is 0.140. The summed E-state index contributed by atoms with van der Waals surface area (Å²) in [4.78, 5) is 0. The Morgan fingerprint density at radius 2 is 1.57 bits per heavy atom. The summed E-state index contributed by atoms with van der Waals surface area (Å²) in [5.41, 5.74) is 7.62. The third kappa shape index (κ3) is 3.07. The molecule has 0 saturated heterocycles. The third-order valence-corrected chi connectivity index (χ3v) is 5.21. The summed E-state index contributed by atoms with van der Waals surface area (Å²) in [7, 11) is 0. The van der Waals surface area contributed by atoms with Crippen LogP contribution in [0.15, 0.2) is 16.6 Å². The number of hydrogen-bond donors (Lipinski definition) is 1. The second-order valence-electron chi connectivity index (χ2n) is 7.24. The molecule has 1 fully saturated rings. The molecule has 0 unspecified atom stereocenters. The molecule has 3 nitrogen and oxygen atoms in total. The molecule has 21 heavy (non-hydrogen) atoms. The largest absolute Gasteiger partial charge is 0.489 e. The van der Waals surface area contributed by atoms with Gasteiger partial charge in [0.2, 0.25) is 0 Å². The first-order valence-corrected chi connectivity index (χ1v) is 8.58. The van der Waals surface area contributed by atoms with Crippen molar-refractivity contribution in [3.63, 3.8) is 0 Å². The Morgan fingerprint density at radius 3 is 2.19 bits per heavy atom. The molecule has 4 heteroatoms. The topological polar surface area (TPSA) is 44.5 Å². The van der Waals surface area contributed by atoms with Gasteiger partial charge in [-0.1, -0.05) is 49.0 Å². The number of nitrogens with two attached hydrogens (primary N) is 1. The Kier molecular flexibility index (Phi) is 3.95. The minimum absolute atomic E-state index is 0.0247. The minimum Gasteiger partial charge on any atom is -0.489 e. The lowest BCUT2D eigenvalue weighted by Crippen LogP contribution is -2.38. The van der Waals surface area contributed by atoms with Crippen LogP contribution in [0.1, 0.15) is 51.5 Å². The number of rotatable bonds is 1. The van der Waals surface area contributed by atoms with E-state index in [4.69, 9.17) is 15.2 Å². The normalized spacial score (nSPS) is 23.4. The van der Waals surface area contributed by atoms with E-state index in [9.17, 15) is 0 Å². The third-order valence-electron chi connectivity index (χ3n) is 4.55. The Hall–Kier alpha value is -0.740. The molecular weight excluding hydrogens is 330 g/mol. The van der Waals surface area contributed by atoms with Crippen molar-refractivity contribution in [2.24, 2.45) is 11.1 Å². The average Bonchev–Trinajstić information content (AvgIpc) is 2.58. The smallest absolute Gasteiger partial charge is 0.162 e. The lowest BCUT2D eigenvalue weighted by atomic mass is 9.77. The van der Waals surface area contributed by atoms with Crippen molar-refractivity contribution in [3.8, 4) is 11.5 Å². The van der Waals surface area contributed by atoms with Crippen LogP contribution in [0.25, 0.3) is 0 Å². The Morgan fingerprint density at radius 1 is 1.00 bits per heavy atom.